The first-order chi connectivity index (χ1) is 5.97. The van der Waals surface area contributed by atoms with Crippen molar-refractivity contribution in [3.63, 3.8) is 0 Å². The SMILES string of the molecule is CCC(/C=C(/C)OC(C)=O)C(C)=O. The first-order valence-corrected chi connectivity index (χ1v) is 4.34. The lowest BCUT2D eigenvalue weighted by molar-refractivity contribution is -0.137. The molecule has 0 amide bonds. The summed E-state index contributed by atoms with van der Waals surface area (Å²) >= 11 is 0. The number of hydrogen-bond acceptors (Lipinski definition) is 3. The van der Waals surface area contributed by atoms with Gasteiger partial charge in [-0.2, -0.15) is 0 Å². The van der Waals surface area contributed by atoms with Crippen molar-refractivity contribution in [1.29, 1.82) is 0 Å². The number of carbonyl (C=O) groups excluding carboxylic acids is 2. The van der Waals surface area contributed by atoms with Crippen molar-refractivity contribution in [2.24, 2.45) is 5.92 Å². The summed E-state index contributed by atoms with van der Waals surface area (Å²) in [7, 11) is 0. The van der Waals surface area contributed by atoms with Crippen LogP contribution in [0.15, 0.2) is 11.8 Å². The molecule has 0 saturated carbocycles. The van der Waals surface area contributed by atoms with Crippen molar-refractivity contribution in [2.45, 2.75) is 34.1 Å². The summed E-state index contributed by atoms with van der Waals surface area (Å²) in [5.41, 5.74) is 0. The molecular formula is C10H16O3. The van der Waals surface area contributed by atoms with Crippen molar-refractivity contribution in [3.8, 4) is 0 Å². The summed E-state index contributed by atoms with van der Waals surface area (Å²) in [6, 6.07) is 0. The number of ether oxygens (including phenoxy) is 1. The largest absolute Gasteiger partial charge is 0.432 e. The molecule has 0 fully saturated rings. The summed E-state index contributed by atoms with van der Waals surface area (Å²) in [5.74, 6) is 0.0926. The molecule has 0 heterocycles. The van der Waals surface area contributed by atoms with Crippen molar-refractivity contribution in [3.05, 3.63) is 11.8 Å². The van der Waals surface area contributed by atoms with Gasteiger partial charge in [0.05, 0.1) is 0 Å². The van der Waals surface area contributed by atoms with E-state index in [1.54, 1.807) is 13.0 Å². The van der Waals surface area contributed by atoms with Crippen molar-refractivity contribution in [2.75, 3.05) is 0 Å². The van der Waals surface area contributed by atoms with Crippen LogP contribution in [0.3, 0.4) is 0 Å². The van der Waals surface area contributed by atoms with E-state index in [-0.39, 0.29) is 17.7 Å². The van der Waals surface area contributed by atoms with E-state index in [1.165, 1.54) is 13.8 Å². The predicted octanol–water partition coefficient (Wildman–Crippen LogP) is 2.07. The average Bonchev–Trinajstić information content (AvgIpc) is 1.98. The maximum Gasteiger partial charge on any atom is 0.307 e. The van der Waals surface area contributed by atoms with E-state index in [1.807, 2.05) is 6.92 Å². The number of hydrogen-bond donors (Lipinski definition) is 0. The molecule has 0 N–H and O–H groups in total. The normalized spacial score (nSPS) is 13.7. The van der Waals surface area contributed by atoms with Gasteiger partial charge in [-0.1, -0.05) is 6.92 Å². The average molecular weight is 184 g/mol. The highest BCUT2D eigenvalue weighted by Crippen LogP contribution is 2.10. The lowest BCUT2D eigenvalue weighted by atomic mass is 10.0. The molecule has 13 heavy (non-hydrogen) atoms. The Balaban J connectivity index is 4.32. The van der Waals surface area contributed by atoms with E-state index in [0.29, 0.717) is 5.76 Å². The van der Waals surface area contributed by atoms with E-state index in [4.69, 9.17) is 4.74 Å². The van der Waals surface area contributed by atoms with Gasteiger partial charge in [0, 0.05) is 12.8 Å². The molecule has 3 nitrogen and oxygen atoms in total. The Morgan fingerprint density at radius 1 is 1.31 bits per heavy atom. The van der Waals surface area contributed by atoms with Gasteiger partial charge >= 0.3 is 5.97 Å². The van der Waals surface area contributed by atoms with Crippen LogP contribution < -0.4 is 0 Å². The summed E-state index contributed by atoms with van der Waals surface area (Å²) in [4.78, 5) is 21.6. The summed E-state index contributed by atoms with van der Waals surface area (Å²) < 4.78 is 4.80. The number of allylic oxidation sites excluding steroid dienone is 2. The van der Waals surface area contributed by atoms with Crippen LogP contribution in [0.4, 0.5) is 0 Å². The molecule has 0 spiro atoms. The Morgan fingerprint density at radius 3 is 2.15 bits per heavy atom. The van der Waals surface area contributed by atoms with Crippen LogP contribution in [0.25, 0.3) is 0 Å². The van der Waals surface area contributed by atoms with Crippen molar-refractivity contribution < 1.29 is 14.3 Å². The highest BCUT2D eigenvalue weighted by Gasteiger charge is 2.09. The Kier molecular flexibility index (Phi) is 5.04. The number of carbonyl (C=O) groups is 2. The molecule has 0 aromatic rings. The zero-order chi connectivity index (χ0) is 10.4. The van der Waals surface area contributed by atoms with Gasteiger partial charge in [0.2, 0.25) is 0 Å². The molecule has 0 aromatic heterocycles. The van der Waals surface area contributed by atoms with Gasteiger partial charge in [-0.25, -0.2) is 0 Å². The molecule has 0 aliphatic heterocycles. The minimum Gasteiger partial charge on any atom is -0.432 e. The van der Waals surface area contributed by atoms with Crippen LogP contribution in [0.2, 0.25) is 0 Å². The highest BCUT2D eigenvalue weighted by atomic mass is 16.5. The molecule has 0 aliphatic carbocycles. The third kappa shape index (κ3) is 5.17. The molecule has 0 radical (unpaired) electrons. The van der Waals surface area contributed by atoms with Gasteiger partial charge < -0.3 is 4.74 Å². The fourth-order valence-electron chi connectivity index (χ4n) is 1.07. The minimum absolute atomic E-state index is 0.0917. The smallest absolute Gasteiger partial charge is 0.307 e. The molecule has 3 heteroatoms. The molecule has 1 atom stereocenters. The monoisotopic (exact) mass is 184 g/mol. The van der Waals surface area contributed by atoms with E-state index in [9.17, 15) is 9.59 Å². The van der Waals surface area contributed by atoms with E-state index < -0.39 is 0 Å². The summed E-state index contributed by atoms with van der Waals surface area (Å²) in [5, 5.41) is 0. The topological polar surface area (TPSA) is 43.4 Å². The summed E-state index contributed by atoms with van der Waals surface area (Å²) in [6.07, 6.45) is 2.41. The lowest BCUT2D eigenvalue weighted by Crippen LogP contribution is -2.08. The molecular weight excluding hydrogens is 168 g/mol. The number of esters is 1. The maximum atomic E-state index is 11.0. The maximum absolute atomic E-state index is 11.0. The summed E-state index contributed by atoms with van der Waals surface area (Å²) in [6.45, 7) is 6.47. The number of ketones is 1. The van der Waals surface area contributed by atoms with Gasteiger partial charge in [-0.15, -0.1) is 0 Å². The zero-order valence-corrected chi connectivity index (χ0v) is 8.59. The van der Waals surface area contributed by atoms with Crippen LogP contribution in [-0.2, 0) is 14.3 Å². The Morgan fingerprint density at radius 2 is 1.85 bits per heavy atom. The Labute approximate surface area is 78.8 Å². The fourth-order valence-corrected chi connectivity index (χ4v) is 1.07. The van der Waals surface area contributed by atoms with Gasteiger partial charge in [0.1, 0.15) is 11.5 Å². The minimum atomic E-state index is -0.354. The van der Waals surface area contributed by atoms with Crippen LogP contribution in [0, 0.1) is 5.92 Å². The second kappa shape index (κ2) is 5.51. The second-order valence-corrected chi connectivity index (χ2v) is 3.00. The molecule has 0 aliphatic rings. The van der Waals surface area contributed by atoms with Gasteiger partial charge in [0.25, 0.3) is 0 Å². The molecule has 0 bridgehead atoms. The van der Waals surface area contributed by atoms with E-state index in [0.717, 1.165) is 6.42 Å². The molecule has 0 aromatic carbocycles. The standard InChI is InChI=1S/C10H16O3/c1-5-10(8(3)11)6-7(2)13-9(4)12/h6,10H,5H2,1-4H3/b7-6-. The van der Waals surface area contributed by atoms with Crippen LogP contribution in [0.1, 0.15) is 34.1 Å². The Bertz CT molecular complexity index is 228. The third-order valence-electron chi connectivity index (χ3n) is 1.70. The first kappa shape index (κ1) is 11.9. The predicted molar refractivity (Wildman–Crippen MR) is 50.0 cm³/mol. The molecule has 1 unspecified atom stereocenters. The molecule has 74 valence electrons. The van der Waals surface area contributed by atoms with Crippen LogP contribution in [-0.4, -0.2) is 11.8 Å². The van der Waals surface area contributed by atoms with Crippen LogP contribution in [0.5, 0.6) is 0 Å². The van der Waals surface area contributed by atoms with Gasteiger partial charge in [-0.05, 0) is 26.3 Å². The number of rotatable bonds is 4. The lowest BCUT2D eigenvalue weighted by Gasteiger charge is -2.07. The number of Topliss-reactive ketones (excluding diaryl/α,β-unsaturated/α-hetero) is 1. The van der Waals surface area contributed by atoms with Gasteiger partial charge in [0.15, 0.2) is 0 Å². The zero-order valence-electron chi connectivity index (χ0n) is 8.59. The second-order valence-electron chi connectivity index (χ2n) is 3.00. The van der Waals surface area contributed by atoms with E-state index >= 15 is 0 Å². The first-order valence-electron chi connectivity index (χ1n) is 4.34. The molecule has 0 saturated heterocycles. The van der Waals surface area contributed by atoms with Crippen molar-refractivity contribution >= 4 is 11.8 Å². The van der Waals surface area contributed by atoms with E-state index in [2.05, 4.69) is 0 Å². The quantitative estimate of drug-likeness (QED) is 0.496. The highest BCUT2D eigenvalue weighted by molar-refractivity contribution is 5.80. The van der Waals surface area contributed by atoms with Gasteiger partial charge in [-0.3, -0.25) is 9.59 Å². The molecule has 0 rings (SSSR count). The third-order valence-corrected chi connectivity index (χ3v) is 1.70. The van der Waals surface area contributed by atoms with Crippen molar-refractivity contribution in [1.82, 2.24) is 0 Å². The van der Waals surface area contributed by atoms with Crippen LogP contribution >= 0.6 is 0 Å². The Hall–Kier alpha value is -1.12. The fraction of sp³-hybridized carbons (Fsp3) is 0.600.